The number of nitrogens with zero attached hydrogens (tertiary/aromatic N) is 6. The van der Waals surface area contributed by atoms with Crippen molar-refractivity contribution in [1.82, 2.24) is 34.5 Å². The summed E-state index contributed by atoms with van der Waals surface area (Å²) in [5, 5.41) is 12.8. The van der Waals surface area contributed by atoms with Gasteiger partial charge in [0.1, 0.15) is 16.3 Å². The Hall–Kier alpha value is -4.34. The number of methoxy groups -OCH3 is 1. The summed E-state index contributed by atoms with van der Waals surface area (Å²) >= 11 is 0. The largest absolute Gasteiger partial charge is 0.439 e. The number of ether oxygens (including phenoxy) is 2. The van der Waals surface area contributed by atoms with Gasteiger partial charge in [-0.25, -0.2) is 22.9 Å². The Morgan fingerprint density at radius 1 is 1.14 bits per heavy atom. The third kappa shape index (κ3) is 4.99. The number of nitrogens with one attached hydrogen (secondary N) is 1. The van der Waals surface area contributed by atoms with Crippen molar-refractivity contribution in [3.8, 4) is 16.8 Å². The highest BCUT2D eigenvalue weighted by molar-refractivity contribution is 7.91. The lowest BCUT2D eigenvalue weighted by Crippen LogP contribution is -2.37. The van der Waals surface area contributed by atoms with E-state index in [-0.39, 0.29) is 23.2 Å². The highest BCUT2D eigenvalue weighted by Gasteiger charge is 2.43. The number of rotatable bonds is 9. The van der Waals surface area contributed by atoms with Crippen molar-refractivity contribution >= 4 is 21.3 Å². The third-order valence-corrected chi connectivity index (χ3v) is 8.83. The number of para-hydroxylation sites is 1. The van der Waals surface area contributed by atoms with Crippen molar-refractivity contribution < 1.29 is 22.4 Å². The van der Waals surface area contributed by atoms with Crippen LogP contribution in [0.1, 0.15) is 43.1 Å². The Labute approximate surface area is 240 Å². The van der Waals surface area contributed by atoms with Crippen LogP contribution in [0.15, 0.2) is 63.1 Å². The number of aromatic amines is 1. The zero-order valence-corrected chi connectivity index (χ0v) is 23.9. The molecule has 14 nitrogen and oxygen atoms in total. The molecule has 1 aliphatic carbocycles. The van der Waals surface area contributed by atoms with Crippen molar-refractivity contribution in [2.24, 2.45) is 0 Å². The maximum atomic E-state index is 13.0. The maximum absolute atomic E-state index is 13.0. The molecule has 3 N–H and O–H groups in total. The lowest BCUT2D eigenvalue weighted by Gasteiger charge is -2.38. The third-order valence-electron chi connectivity index (χ3n) is 7.67. The number of fused-ring (bicyclic) bond motifs is 1. The van der Waals surface area contributed by atoms with Crippen LogP contribution in [0.5, 0.6) is 0 Å². The van der Waals surface area contributed by atoms with Crippen LogP contribution in [0.3, 0.4) is 0 Å². The van der Waals surface area contributed by atoms with Gasteiger partial charge in [0, 0.05) is 36.6 Å². The fourth-order valence-corrected chi connectivity index (χ4v) is 6.67. The van der Waals surface area contributed by atoms with Crippen LogP contribution in [-0.2, 0) is 24.9 Å². The molecule has 1 aromatic carbocycles. The zero-order valence-electron chi connectivity index (χ0n) is 23.1. The molecule has 220 valence electrons. The number of hydrogen-bond donors (Lipinski definition) is 2. The van der Waals surface area contributed by atoms with Crippen molar-refractivity contribution in [1.29, 1.82) is 0 Å². The smallest absolute Gasteiger partial charge is 0.382 e. The molecule has 0 spiro atoms. The van der Waals surface area contributed by atoms with E-state index in [2.05, 4.69) is 20.3 Å². The lowest BCUT2D eigenvalue weighted by atomic mass is 9.76. The predicted octanol–water partition coefficient (Wildman–Crippen LogP) is 2.46. The van der Waals surface area contributed by atoms with Crippen LogP contribution in [0.25, 0.3) is 22.5 Å². The molecule has 0 saturated heterocycles. The Bertz CT molecular complexity index is 1880. The first-order valence-corrected chi connectivity index (χ1v) is 15.3. The number of sulfone groups is 1. The molecule has 5 aromatic rings. The molecule has 6 rings (SSSR count). The van der Waals surface area contributed by atoms with E-state index in [0.717, 1.165) is 17.5 Å². The van der Waals surface area contributed by atoms with E-state index in [1.807, 2.05) is 36.5 Å². The second-order valence-corrected chi connectivity index (χ2v) is 12.3. The van der Waals surface area contributed by atoms with Crippen molar-refractivity contribution in [3.05, 3.63) is 71.0 Å². The Kier molecular flexibility index (Phi) is 7.16. The Balaban J connectivity index is 1.39. The number of anilines is 1. The van der Waals surface area contributed by atoms with Crippen LogP contribution in [0.2, 0.25) is 0 Å². The van der Waals surface area contributed by atoms with Crippen molar-refractivity contribution in [2.45, 2.75) is 42.1 Å². The molecule has 1 aliphatic rings. The first kappa shape index (κ1) is 27.8. The quantitative estimate of drug-likeness (QED) is 0.239. The van der Waals surface area contributed by atoms with E-state index in [1.54, 1.807) is 24.2 Å². The summed E-state index contributed by atoms with van der Waals surface area (Å²) in [5.41, 5.74) is 8.68. The molecule has 0 aliphatic heterocycles. The fourth-order valence-electron chi connectivity index (χ4n) is 5.62. The molecular weight excluding hydrogens is 564 g/mol. The molecule has 15 heteroatoms. The van der Waals surface area contributed by atoms with Crippen molar-refractivity contribution in [2.75, 3.05) is 32.3 Å². The molecule has 1 fully saturated rings. The Morgan fingerprint density at radius 2 is 1.90 bits per heavy atom. The van der Waals surface area contributed by atoms with Gasteiger partial charge in [-0.15, -0.1) is 0 Å². The van der Waals surface area contributed by atoms with E-state index in [4.69, 9.17) is 24.7 Å². The van der Waals surface area contributed by atoms with Crippen LogP contribution in [-0.4, -0.2) is 69.5 Å². The molecule has 0 radical (unpaired) electrons. The Morgan fingerprint density at radius 3 is 2.57 bits per heavy atom. The van der Waals surface area contributed by atoms with Gasteiger partial charge >= 0.3 is 5.76 Å². The molecule has 0 unspecified atom stereocenters. The summed E-state index contributed by atoms with van der Waals surface area (Å²) < 4.78 is 45.3. The second-order valence-electron chi connectivity index (χ2n) is 10.3. The average Bonchev–Trinajstić information content (AvgIpc) is 3.73. The van der Waals surface area contributed by atoms with E-state index >= 15 is 0 Å². The first-order chi connectivity index (χ1) is 20.2. The van der Waals surface area contributed by atoms with Gasteiger partial charge in [-0.3, -0.25) is 9.51 Å². The van der Waals surface area contributed by atoms with Gasteiger partial charge in [0.15, 0.2) is 21.3 Å². The average molecular weight is 595 g/mol. The molecule has 0 atom stereocenters. The second kappa shape index (κ2) is 10.8. The van der Waals surface area contributed by atoms with Gasteiger partial charge in [0.25, 0.3) is 0 Å². The van der Waals surface area contributed by atoms with Crippen LogP contribution >= 0.6 is 0 Å². The van der Waals surface area contributed by atoms with Crippen LogP contribution < -0.4 is 11.5 Å². The van der Waals surface area contributed by atoms with Gasteiger partial charge in [-0.2, -0.15) is 14.7 Å². The zero-order chi connectivity index (χ0) is 29.5. The van der Waals surface area contributed by atoms with Gasteiger partial charge in [-0.05, 0) is 37.8 Å². The maximum Gasteiger partial charge on any atom is 0.439 e. The number of H-pyrrole nitrogens is 1. The van der Waals surface area contributed by atoms with E-state index in [9.17, 15) is 13.2 Å². The summed E-state index contributed by atoms with van der Waals surface area (Å²) in [6, 6.07) is 9.66. The molecule has 0 bridgehead atoms. The normalized spacial score (nSPS) is 19.4. The topological polar surface area (TPSA) is 186 Å². The summed E-state index contributed by atoms with van der Waals surface area (Å²) in [6.07, 6.45) is 8.12. The van der Waals surface area contributed by atoms with Gasteiger partial charge in [0.05, 0.1) is 37.0 Å². The van der Waals surface area contributed by atoms with E-state index in [0.29, 0.717) is 55.0 Å². The van der Waals surface area contributed by atoms with E-state index in [1.165, 1.54) is 4.52 Å². The van der Waals surface area contributed by atoms with Crippen molar-refractivity contribution in [3.63, 3.8) is 0 Å². The minimum Gasteiger partial charge on any atom is -0.382 e. The number of nitrogens with two attached hydrogens (primary N) is 1. The molecule has 4 heterocycles. The summed E-state index contributed by atoms with van der Waals surface area (Å²) in [6.45, 7) is 0.628. The summed E-state index contributed by atoms with van der Waals surface area (Å²) in [4.78, 5) is 19.2. The molecule has 4 aromatic heterocycles. The van der Waals surface area contributed by atoms with Gasteiger partial charge in [-0.1, -0.05) is 23.4 Å². The van der Waals surface area contributed by atoms with Crippen LogP contribution in [0.4, 0.5) is 5.82 Å². The highest BCUT2D eigenvalue weighted by atomic mass is 32.2. The minimum absolute atomic E-state index is 0.00628. The summed E-state index contributed by atoms with van der Waals surface area (Å²) in [7, 11) is -2.20. The van der Waals surface area contributed by atoms with E-state index < -0.39 is 21.2 Å². The SMILES string of the molecule is COCCO[C@]1(c2noc(=O)[nH]2)CC[C@@H](c2nc3c(-c4cnn(-c5ccccc5)c4)cnn3c(N)c2S(C)(=O)=O)CC1. The van der Waals surface area contributed by atoms with Crippen LogP contribution in [0, 0.1) is 0 Å². The first-order valence-electron chi connectivity index (χ1n) is 13.4. The molecule has 1 saturated carbocycles. The number of hydrogen-bond acceptors (Lipinski definition) is 11. The number of benzene rings is 1. The van der Waals surface area contributed by atoms with Gasteiger partial charge in [0.2, 0.25) is 0 Å². The molecular formula is C27H30N8O6S. The monoisotopic (exact) mass is 594 g/mol. The van der Waals surface area contributed by atoms with Gasteiger partial charge < -0.3 is 15.2 Å². The summed E-state index contributed by atoms with van der Waals surface area (Å²) in [5.74, 6) is -0.658. The number of nitrogen functional groups attached to an aromatic ring is 1. The fraction of sp³-hybridized carbons (Fsp3) is 0.370. The highest BCUT2D eigenvalue weighted by Crippen LogP contribution is 2.46. The number of aromatic nitrogens is 7. The standard InChI is InChI=1S/C27H30N8O6S/c1-39-12-13-40-27(25-32-26(36)41-33-25)10-8-17(9-11-27)21-22(42(2,37)38)23(28)35-24(31-21)20(15-30-35)18-14-29-34(16-18)19-6-4-3-5-7-19/h3-7,14-17H,8-13,28H2,1-2H3,(H,32,33,36)/t17-,27-. The predicted molar refractivity (Wildman–Crippen MR) is 151 cm³/mol. The molecule has 42 heavy (non-hydrogen) atoms. The lowest BCUT2D eigenvalue weighted by molar-refractivity contribution is -0.0988. The minimum atomic E-state index is -3.77. The molecule has 0 amide bonds.